The van der Waals surface area contributed by atoms with Crippen molar-refractivity contribution in [3.63, 3.8) is 0 Å². The van der Waals surface area contributed by atoms with E-state index in [0.717, 1.165) is 5.56 Å². The van der Waals surface area contributed by atoms with E-state index in [2.05, 4.69) is 0 Å². The van der Waals surface area contributed by atoms with Crippen LogP contribution in [0, 0.1) is 6.92 Å². The molecule has 0 aromatic heterocycles. The first-order valence-electron chi connectivity index (χ1n) is 6.45. The summed E-state index contributed by atoms with van der Waals surface area (Å²) < 4.78 is 16.5. The van der Waals surface area contributed by atoms with Crippen LogP contribution >= 0.6 is 0 Å². The lowest BCUT2D eigenvalue weighted by Gasteiger charge is -2.12. The third-order valence-corrected chi connectivity index (χ3v) is 2.84. The number of anilines is 1. The lowest BCUT2D eigenvalue weighted by atomic mass is 10.2. The first-order valence-corrected chi connectivity index (χ1v) is 6.45. The Bertz CT molecular complexity index is 569. The molecule has 0 aliphatic rings. The van der Waals surface area contributed by atoms with Crippen LogP contribution in [0.25, 0.3) is 0 Å². The van der Waals surface area contributed by atoms with E-state index in [4.69, 9.17) is 19.9 Å². The average Bonchev–Trinajstić information content (AvgIpc) is 2.47. The van der Waals surface area contributed by atoms with Crippen molar-refractivity contribution in [2.45, 2.75) is 6.92 Å². The monoisotopic (exact) mass is 273 g/mol. The second kappa shape index (κ2) is 6.70. The smallest absolute Gasteiger partial charge is 0.161 e. The van der Waals surface area contributed by atoms with Gasteiger partial charge in [0.2, 0.25) is 0 Å². The van der Waals surface area contributed by atoms with Gasteiger partial charge >= 0.3 is 0 Å². The highest BCUT2D eigenvalue weighted by atomic mass is 16.5. The van der Waals surface area contributed by atoms with Crippen LogP contribution in [0.2, 0.25) is 0 Å². The molecule has 20 heavy (non-hydrogen) atoms. The molecule has 2 N–H and O–H groups in total. The lowest BCUT2D eigenvalue weighted by molar-refractivity contribution is 0.212. The van der Waals surface area contributed by atoms with Crippen LogP contribution < -0.4 is 19.9 Å². The zero-order chi connectivity index (χ0) is 14.4. The maximum absolute atomic E-state index is 5.84. The molecule has 0 saturated heterocycles. The number of aryl methyl sites for hydroxylation is 1. The number of ether oxygens (including phenoxy) is 3. The molecule has 0 aliphatic heterocycles. The molecule has 0 fully saturated rings. The molecule has 2 aromatic rings. The van der Waals surface area contributed by atoms with Crippen LogP contribution in [0.4, 0.5) is 5.69 Å². The fourth-order valence-corrected chi connectivity index (χ4v) is 1.81. The topological polar surface area (TPSA) is 53.7 Å². The Morgan fingerprint density at radius 1 is 0.900 bits per heavy atom. The molecule has 0 aliphatic carbocycles. The van der Waals surface area contributed by atoms with Gasteiger partial charge in [0, 0.05) is 0 Å². The van der Waals surface area contributed by atoms with E-state index in [-0.39, 0.29) is 0 Å². The van der Waals surface area contributed by atoms with Gasteiger partial charge in [-0.2, -0.15) is 0 Å². The second-order valence-corrected chi connectivity index (χ2v) is 4.39. The van der Waals surface area contributed by atoms with Gasteiger partial charge < -0.3 is 19.9 Å². The molecule has 2 rings (SSSR count). The third-order valence-electron chi connectivity index (χ3n) is 2.84. The standard InChI is InChI=1S/C16H19NO3/c1-12-7-8-13(17)16(11-12)20-10-9-19-15-6-4-3-5-14(15)18-2/h3-8,11H,9-10,17H2,1-2H3. The van der Waals surface area contributed by atoms with Gasteiger partial charge in [-0.15, -0.1) is 0 Å². The second-order valence-electron chi connectivity index (χ2n) is 4.39. The molecule has 0 heterocycles. The van der Waals surface area contributed by atoms with E-state index in [1.54, 1.807) is 7.11 Å². The first kappa shape index (κ1) is 14.1. The molecule has 0 spiro atoms. The minimum Gasteiger partial charge on any atom is -0.493 e. The van der Waals surface area contributed by atoms with Crippen molar-refractivity contribution in [2.24, 2.45) is 0 Å². The Labute approximate surface area is 119 Å². The SMILES string of the molecule is COc1ccccc1OCCOc1cc(C)ccc1N. The van der Waals surface area contributed by atoms with E-state index >= 15 is 0 Å². The zero-order valence-corrected chi connectivity index (χ0v) is 11.8. The molecule has 0 radical (unpaired) electrons. The summed E-state index contributed by atoms with van der Waals surface area (Å²) in [5.74, 6) is 2.10. The summed E-state index contributed by atoms with van der Waals surface area (Å²) in [6, 6.07) is 13.2. The van der Waals surface area contributed by atoms with E-state index in [0.29, 0.717) is 36.1 Å². The van der Waals surface area contributed by atoms with E-state index < -0.39 is 0 Å². The summed E-state index contributed by atoms with van der Waals surface area (Å²) in [4.78, 5) is 0. The molecule has 106 valence electrons. The maximum atomic E-state index is 5.84. The van der Waals surface area contributed by atoms with Crippen molar-refractivity contribution in [3.05, 3.63) is 48.0 Å². The van der Waals surface area contributed by atoms with Gasteiger partial charge in [-0.1, -0.05) is 18.2 Å². The third kappa shape index (κ3) is 3.57. The number of nitrogens with two attached hydrogens (primary N) is 1. The Morgan fingerprint density at radius 3 is 2.25 bits per heavy atom. The van der Waals surface area contributed by atoms with Crippen LogP contribution in [0.5, 0.6) is 17.2 Å². The number of methoxy groups -OCH3 is 1. The van der Waals surface area contributed by atoms with Gasteiger partial charge in [0.15, 0.2) is 11.5 Å². The highest BCUT2D eigenvalue weighted by Gasteiger charge is 2.03. The molecule has 0 bridgehead atoms. The fraction of sp³-hybridized carbons (Fsp3) is 0.250. The number of hydrogen-bond acceptors (Lipinski definition) is 4. The molecule has 0 amide bonds. The summed E-state index contributed by atoms with van der Waals surface area (Å²) in [6.45, 7) is 2.84. The molecule has 0 saturated carbocycles. The minimum absolute atomic E-state index is 0.422. The number of para-hydroxylation sites is 2. The molecular weight excluding hydrogens is 254 g/mol. The van der Waals surface area contributed by atoms with Gasteiger partial charge in [-0.25, -0.2) is 0 Å². The Balaban J connectivity index is 1.86. The molecule has 4 heteroatoms. The van der Waals surface area contributed by atoms with Crippen molar-refractivity contribution in [3.8, 4) is 17.2 Å². The summed E-state index contributed by atoms with van der Waals surface area (Å²) in [7, 11) is 1.62. The Kier molecular flexibility index (Phi) is 4.71. The van der Waals surface area contributed by atoms with Crippen LogP contribution in [-0.2, 0) is 0 Å². The van der Waals surface area contributed by atoms with Gasteiger partial charge in [-0.3, -0.25) is 0 Å². The number of rotatable bonds is 6. The van der Waals surface area contributed by atoms with Gasteiger partial charge in [0.1, 0.15) is 19.0 Å². The molecule has 4 nitrogen and oxygen atoms in total. The number of hydrogen-bond donors (Lipinski definition) is 1. The van der Waals surface area contributed by atoms with Crippen LogP contribution in [0.15, 0.2) is 42.5 Å². The Morgan fingerprint density at radius 2 is 1.55 bits per heavy atom. The maximum Gasteiger partial charge on any atom is 0.161 e. The first-order chi connectivity index (χ1) is 9.70. The van der Waals surface area contributed by atoms with Crippen molar-refractivity contribution in [1.82, 2.24) is 0 Å². The quantitative estimate of drug-likeness (QED) is 0.649. The molecular formula is C16H19NO3. The molecule has 0 atom stereocenters. The lowest BCUT2D eigenvalue weighted by Crippen LogP contribution is -2.10. The van der Waals surface area contributed by atoms with E-state index in [1.165, 1.54) is 0 Å². The van der Waals surface area contributed by atoms with Crippen molar-refractivity contribution in [2.75, 3.05) is 26.1 Å². The van der Waals surface area contributed by atoms with Crippen molar-refractivity contribution >= 4 is 5.69 Å². The average molecular weight is 273 g/mol. The van der Waals surface area contributed by atoms with Crippen molar-refractivity contribution < 1.29 is 14.2 Å². The van der Waals surface area contributed by atoms with Crippen molar-refractivity contribution in [1.29, 1.82) is 0 Å². The predicted molar refractivity (Wildman–Crippen MR) is 79.6 cm³/mol. The van der Waals surface area contributed by atoms with Gasteiger partial charge in [-0.05, 0) is 36.8 Å². The fourth-order valence-electron chi connectivity index (χ4n) is 1.81. The minimum atomic E-state index is 0.422. The van der Waals surface area contributed by atoms with Crippen LogP contribution in [0.1, 0.15) is 5.56 Å². The zero-order valence-electron chi connectivity index (χ0n) is 11.8. The highest BCUT2D eigenvalue weighted by molar-refractivity contribution is 5.53. The molecule has 2 aromatic carbocycles. The summed E-state index contributed by atoms with van der Waals surface area (Å²) in [5.41, 5.74) is 7.59. The largest absolute Gasteiger partial charge is 0.493 e. The normalized spacial score (nSPS) is 10.1. The number of benzene rings is 2. The number of nitrogen functional groups attached to an aromatic ring is 1. The van der Waals surface area contributed by atoms with E-state index in [1.807, 2.05) is 49.4 Å². The van der Waals surface area contributed by atoms with Crippen LogP contribution in [0.3, 0.4) is 0 Å². The summed E-state index contributed by atoms with van der Waals surface area (Å²) in [5, 5.41) is 0. The van der Waals surface area contributed by atoms with Crippen LogP contribution in [-0.4, -0.2) is 20.3 Å². The van der Waals surface area contributed by atoms with Gasteiger partial charge in [0.25, 0.3) is 0 Å². The highest BCUT2D eigenvalue weighted by Crippen LogP contribution is 2.26. The Hall–Kier alpha value is -2.36. The van der Waals surface area contributed by atoms with E-state index in [9.17, 15) is 0 Å². The summed E-state index contributed by atoms with van der Waals surface area (Å²) >= 11 is 0. The molecule has 0 unspecified atom stereocenters. The summed E-state index contributed by atoms with van der Waals surface area (Å²) in [6.07, 6.45) is 0. The van der Waals surface area contributed by atoms with Gasteiger partial charge in [0.05, 0.1) is 12.8 Å². The predicted octanol–water partition coefficient (Wildman–Crippen LogP) is 3.04.